The van der Waals surface area contributed by atoms with E-state index in [1.165, 1.54) is 6.07 Å². The third-order valence-electron chi connectivity index (χ3n) is 2.91. The number of aryl methyl sites for hydroxylation is 2. The number of halogens is 1. The molecule has 100 valence electrons. The van der Waals surface area contributed by atoms with Crippen molar-refractivity contribution in [3.63, 3.8) is 0 Å². The van der Waals surface area contributed by atoms with Crippen LogP contribution in [-0.2, 0) is 13.0 Å². The Labute approximate surface area is 112 Å². The zero-order chi connectivity index (χ0) is 13.8. The first kappa shape index (κ1) is 13.5. The molecule has 4 heteroatoms. The van der Waals surface area contributed by atoms with Crippen molar-refractivity contribution in [1.82, 2.24) is 4.98 Å². The lowest BCUT2D eigenvalue weighted by Gasteiger charge is -2.13. The van der Waals surface area contributed by atoms with Crippen molar-refractivity contribution in [2.24, 2.45) is 5.73 Å². The Kier molecular flexibility index (Phi) is 4.12. The predicted molar refractivity (Wildman–Crippen MR) is 72.7 cm³/mol. The fraction of sp³-hybridized carbons (Fsp3) is 0.267. The maximum Gasteiger partial charge on any atom is 0.148 e. The molecule has 2 N–H and O–H groups in total. The first-order valence-electron chi connectivity index (χ1n) is 6.27. The van der Waals surface area contributed by atoms with Gasteiger partial charge < -0.3 is 10.5 Å². The molecule has 0 aliphatic rings. The summed E-state index contributed by atoms with van der Waals surface area (Å²) in [5, 5.41) is 0. The largest absolute Gasteiger partial charge is 0.455 e. The van der Waals surface area contributed by atoms with Crippen LogP contribution < -0.4 is 10.5 Å². The molecule has 0 aliphatic heterocycles. The Balaban J connectivity index is 2.39. The van der Waals surface area contributed by atoms with Gasteiger partial charge in [-0.2, -0.15) is 0 Å². The molecule has 0 unspecified atom stereocenters. The number of pyridine rings is 1. The van der Waals surface area contributed by atoms with E-state index in [-0.39, 0.29) is 12.4 Å². The van der Waals surface area contributed by atoms with Gasteiger partial charge in [-0.15, -0.1) is 0 Å². The van der Waals surface area contributed by atoms with Gasteiger partial charge >= 0.3 is 0 Å². The van der Waals surface area contributed by atoms with Crippen LogP contribution in [0, 0.1) is 12.7 Å². The Morgan fingerprint density at radius 1 is 1.21 bits per heavy atom. The molecular formula is C15H17FN2O. The van der Waals surface area contributed by atoms with Crippen LogP contribution in [-0.4, -0.2) is 4.98 Å². The molecule has 2 rings (SSSR count). The van der Waals surface area contributed by atoms with E-state index in [0.29, 0.717) is 17.1 Å². The molecule has 1 heterocycles. The lowest BCUT2D eigenvalue weighted by Crippen LogP contribution is -2.04. The summed E-state index contributed by atoms with van der Waals surface area (Å²) in [7, 11) is 0. The molecule has 0 saturated heterocycles. The highest BCUT2D eigenvalue weighted by Gasteiger charge is 2.11. The van der Waals surface area contributed by atoms with E-state index >= 15 is 0 Å². The molecule has 2 aromatic rings. The highest BCUT2D eigenvalue weighted by atomic mass is 19.1. The van der Waals surface area contributed by atoms with Gasteiger partial charge in [-0.05, 0) is 37.6 Å². The molecule has 0 aliphatic carbocycles. The van der Waals surface area contributed by atoms with Gasteiger partial charge in [-0.1, -0.05) is 13.0 Å². The van der Waals surface area contributed by atoms with E-state index in [2.05, 4.69) is 4.98 Å². The molecule has 0 fully saturated rings. The van der Waals surface area contributed by atoms with Crippen molar-refractivity contribution in [2.75, 3.05) is 0 Å². The van der Waals surface area contributed by atoms with Crippen LogP contribution >= 0.6 is 0 Å². The average molecular weight is 260 g/mol. The molecule has 1 aromatic heterocycles. The summed E-state index contributed by atoms with van der Waals surface area (Å²) in [6, 6.07) is 8.42. The number of benzene rings is 1. The summed E-state index contributed by atoms with van der Waals surface area (Å²) in [4.78, 5) is 4.42. The summed E-state index contributed by atoms with van der Waals surface area (Å²) in [5.41, 5.74) is 7.73. The summed E-state index contributed by atoms with van der Waals surface area (Å²) < 4.78 is 19.4. The van der Waals surface area contributed by atoms with Gasteiger partial charge in [-0.3, -0.25) is 4.98 Å². The van der Waals surface area contributed by atoms with Crippen LogP contribution in [0.3, 0.4) is 0 Å². The second-order valence-corrected chi connectivity index (χ2v) is 4.27. The van der Waals surface area contributed by atoms with Crippen LogP contribution in [0.2, 0.25) is 0 Å². The molecule has 0 bridgehead atoms. The highest BCUT2D eigenvalue weighted by Crippen LogP contribution is 2.29. The number of aromatic nitrogens is 1. The second kappa shape index (κ2) is 5.80. The zero-order valence-electron chi connectivity index (χ0n) is 11.1. The topological polar surface area (TPSA) is 48.1 Å². The summed E-state index contributed by atoms with van der Waals surface area (Å²) >= 11 is 0. The number of hydrogen-bond acceptors (Lipinski definition) is 3. The first-order chi connectivity index (χ1) is 9.15. The molecule has 3 nitrogen and oxygen atoms in total. The molecule has 0 saturated carbocycles. The van der Waals surface area contributed by atoms with E-state index in [1.807, 2.05) is 26.0 Å². The normalized spacial score (nSPS) is 10.5. The Morgan fingerprint density at radius 3 is 2.68 bits per heavy atom. The molecule has 0 amide bonds. The lowest BCUT2D eigenvalue weighted by atomic mass is 10.2. The average Bonchev–Trinajstić information content (AvgIpc) is 2.41. The number of nitrogens with zero attached hydrogens (tertiary/aromatic N) is 1. The summed E-state index contributed by atoms with van der Waals surface area (Å²) in [6.45, 7) is 4.03. The van der Waals surface area contributed by atoms with Crippen LogP contribution in [0.4, 0.5) is 4.39 Å². The Bertz CT molecular complexity index is 584. The van der Waals surface area contributed by atoms with Crippen molar-refractivity contribution < 1.29 is 9.13 Å². The molecule has 19 heavy (non-hydrogen) atoms. The van der Waals surface area contributed by atoms with E-state index in [0.717, 1.165) is 17.8 Å². The van der Waals surface area contributed by atoms with Crippen molar-refractivity contribution in [1.29, 1.82) is 0 Å². The van der Waals surface area contributed by atoms with Gasteiger partial charge in [0, 0.05) is 17.8 Å². The maximum atomic E-state index is 13.6. The smallest absolute Gasteiger partial charge is 0.148 e. The Morgan fingerprint density at radius 2 is 2.00 bits per heavy atom. The van der Waals surface area contributed by atoms with Gasteiger partial charge in [0.1, 0.15) is 17.3 Å². The quantitative estimate of drug-likeness (QED) is 0.917. The van der Waals surface area contributed by atoms with Gasteiger partial charge in [0.05, 0.1) is 5.69 Å². The standard InChI is InChI=1S/C15H17FN2O/c1-3-13-15(8-7-10(2)18-13)19-14-6-4-5-12(16)11(14)9-17/h4-8H,3,9,17H2,1-2H3. The van der Waals surface area contributed by atoms with Crippen LogP contribution in [0.15, 0.2) is 30.3 Å². The van der Waals surface area contributed by atoms with E-state index in [1.54, 1.807) is 12.1 Å². The van der Waals surface area contributed by atoms with Crippen molar-refractivity contribution in [3.05, 3.63) is 53.1 Å². The SMILES string of the molecule is CCc1nc(C)ccc1Oc1cccc(F)c1CN. The Hall–Kier alpha value is -1.94. The number of rotatable bonds is 4. The summed E-state index contributed by atoms with van der Waals surface area (Å²) in [6.07, 6.45) is 0.754. The minimum atomic E-state index is -0.349. The highest BCUT2D eigenvalue weighted by molar-refractivity contribution is 5.40. The van der Waals surface area contributed by atoms with Gasteiger partial charge in [-0.25, -0.2) is 4.39 Å². The summed E-state index contributed by atoms with van der Waals surface area (Å²) in [5.74, 6) is 0.745. The van der Waals surface area contributed by atoms with E-state index in [4.69, 9.17) is 10.5 Å². The van der Waals surface area contributed by atoms with Gasteiger partial charge in [0.25, 0.3) is 0 Å². The van der Waals surface area contributed by atoms with Crippen LogP contribution in [0.25, 0.3) is 0 Å². The molecular weight excluding hydrogens is 243 g/mol. The maximum absolute atomic E-state index is 13.6. The zero-order valence-corrected chi connectivity index (χ0v) is 11.1. The minimum Gasteiger partial charge on any atom is -0.455 e. The fourth-order valence-corrected chi connectivity index (χ4v) is 1.89. The van der Waals surface area contributed by atoms with Crippen molar-refractivity contribution in [2.45, 2.75) is 26.8 Å². The first-order valence-corrected chi connectivity index (χ1v) is 6.27. The number of hydrogen-bond donors (Lipinski definition) is 1. The van der Waals surface area contributed by atoms with Crippen LogP contribution in [0.1, 0.15) is 23.9 Å². The molecule has 1 aromatic carbocycles. The lowest BCUT2D eigenvalue weighted by molar-refractivity contribution is 0.459. The molecule has 0 radical (unpaired) electrons. The third kappa shape index (κ3) is 2.90. The third-order valence-corrected chi connectivity index (χ3v) is 2.91. The monoisotopic (exact) mass is 260 g/mol. The van der Waals surface area contributed by atoms with E-state index < -0.39 is 0 Å². The van der Waals surface area contributed by atoms with Gasteiger partial charge in [0.15, 0.2) is 0 Å². The van der Waals surface area contributed by atoms with Crippen molar-refractivity contribution in [3.8, 4) is 11.5 Å². The van der Waals surface area contributed by atoms with E-state index in [9.17, 15) is 4.39 Å². The number of ether oxygens (including phenoxy) is 1. The second-order valence-electron chi connectivity index (χ2n) is 4.27. The van der Waals surface area contributed by atoms with Crippen molar-refractivity contribution >= 4 is 0 Å². The molecule has 0 atom stereocenters. The number of nitrogens with two attached hydrogens (primary N) is 1. The minimum absolute atomic E-state index is 0.1000. The predicted octanol–water partition coefficient (Wildman–Crippen LogP) is 3.34. The molecule has 0 spiro atoms. The van der Waals surface area contributed by atoms with Crippen LogP contribution in [0.5, 0.6) is 11.5 Å². The van der Waals surface area contributed by atoms with Gasteiger partial charge in [0.2, 0.25) is 0 Å². The fourth-order valence-electron chi connectivity index (χ4n) is 1.89.